The summed E-state index contributed by atoms with van der Waals surface area (Å²) in [5.41, 5.74) is 0.654. The van der Waals surface area contributed by atoms with E-state index in [9.17, 15) is 0 Å². The van der Waals surface area contributed by atoms with Gasteiger partial charge < -0.3 is 10.1 Å². The van der Waals surface area contributed by atoms with Crippen molar-refractivity contribution in [2.24, 2.45) is 0 Å². The van der Waals surface area contributed by atoms with E-state index in [-0.39, 0.29) is 0 Å². The van der Waals surface area contributed by atoms with E-state index in [2.05, 4.69) is 20.7 Å². The third-order valence-corrected chi connectivity index (χ3v) is 1.59. The Hall–Kier alpha value is -1.01. The van der Waals surface area contributed by atoms with Crippen LogP contribution in [0.5, 0.6) is 0 Å². The fraction of sp³-hybridized carbons (Fsp3) is 0.500. The summed E-state index contributed by atoms with van der Waals surface area (Å²) >= 11 is 5.00. The summed E-state index contributed by atoms with van der Waals surface area (Å²) in [5.74, 6) is 0. The Balaban J connectivity index is 2.30. The summed E-state index contributed by atoms with van der Waals surface area (Å²) < 4.78 is 4.84. The summed E-state index contributed by atoms with van der Waals surface area (Å²) in [6.07, 6.45) is 1.57. The molecule has 0 spiro atoms. The van der Waals surface area contributed by atoms with Gasteiger partial charge in [-0.3, -0.25) is 0 Å². The summed E-state index contributed by atoms with van der Waals surface area (Å²) in [6.45, 7) is 1.31. The number of hydrogen-bond acceptors (Lipinski definition) is 4. The van der Waals surface area contributed by atoms with E-state index in [4.69, 9.17) is 17.0 Å². The lowest BCUT2D eigenvalue weighted by Gasteiger charge is -2.02. The van der Waals surface area contributed by atoms with Gasteiger partial charge in [0.15, 0.2) is 0 Å². The van der Waals surface area contributed by atoms with Gasteiger partial charge in [0, 0.05) is 13.7 Å². The molecule has 1 rings (SSSR count). The van der Waals surface area contributed by atoms with Crippen molar-refractivity contribution < 1.29 is 4.74 Å². The zero-order valence-corrected chi connectivity index (χ0v) is 7.52. The second-order valence-corrected chi connectivity index (χ2v) is 2.51. The molecule has 0 saturated carbocycles. The normalized spacial score (nSPS) is 9.75. The first-order valence-electron chi connectivity index (χ1n) is 3.47. The number of ether oxygens (including phenoxy) is 1. The van der Waals surface area contributed by atoms with Crippen LogP contribution in [-0.2, 0) is 4.74 Å². The molecule has 0 saturated heterocycles. The van der Waals surface area contributed by atoms with Crippen LogP contribution in [0.4, 0.5) is 0 Å². The van der Waals surface area contributed by atoms with E-state index in [1.807, 2.05) is 0 Å². The molecule has 0 aromatic carbocycles. The molecule has 0 unspecified atom stereocenters. The molecule has 1 heterocycles. The molecule has 66 valence electrons. The van der Waals surface area contributed by atoms with Crippen LogP contribution in [0.2, 0.25) is 0 Å². The SMILES string of the molecule is COCCNC(=S)c1cn[nH]n1. The topological polar surface area (TPSA) is 62.8 Å². The van der Waals surface area contributed by atoms with Crippen molar-refractivity contribution in [1.82, 2.24) is 20.7 Å². The first-order valence-corrected chi connectivity index (χ1v) is 3.88. The quantitative estimate of drug-likeness (QED) is 0.500. The van der Waals surface area contributed by atoms with Gasteiger partial charge in [-0.15, -0.1) is 0 Å². The maximum Gasteiger partial charge on any atom is 0.139 e. The molecular formula is C6H10N4OS. The molecule has 0 atom stereocenters. The predicted molar refractivity (Wildman–Crippen MR) is 48.0 cm³/mol. The van der Waals surface area contributed by atoms with Crippen LogP contribution >= 0.6 is 12.2 Å². The molecule has 1 aromatic rings. The van der Waals surface area contributed by atoms with Crippen LogP contribution < -0.4 is 5.32 Å². The number of aromatic nitrogens is 3. The molecule has 1 aromatic heterocycles. The fourth-order valence-corrected chi connectivity index (χ4v) is 0.869. The smallest absolute Gasteiger partial charge is 0.139 e. The van der Waals surface area contributed by atoms with Crippen molar-refractivity contribution in [3.63, 3.8) is 0 Å². The third-order valence-electron chi connectivity index (χ3n) is 1.24. The van der Waals surface area contributed by atoms with E-state index in [0.717, 1.165) is 0 Å². The molecule has 2 N–H and O–H groups in total. The lowest BCUT2D eigenvalue weighted by molar-refractivity contribution is 0.204. The van der Waals surface area contributed by atoms with E-state index in [0.29, 0.717) is 23.8 Å². The van der Waals surface area contributed by atoms with Gasteiger partial charge in [-0.05, 0) is 0 Å². The number of H-pyrrole nitrogens is 1. The Morgan fingerprint density at radius 1 is 1.83 bits per heavy atom. The summed E-state index contributed by atoms with van der Waals surface area (Å²) in [7, 11) is 1.64. The van der Waals surface area contributed by atoms with Crippen LogP contribution in [0.25, 0.3) is 0 Å². The number of nitrogens with one attached hydrogen (secondary N) is 2. The number of nitrogens with zero attached hydrogens (tertiary/aromatic N) is 2. The summed E-state index contributed by atoms with van der Waals surface area (Å²) in [4.78, 5) is 0.584. The number of hydrogen-bond donors (Lipinski definition) is 2. The highest BCUT2D eigenvalue weighted by molar-refractivity contribution is 7.80. The van der Waals surface area contributed by atoms with Gasteiger partial charge in [0.1, 0.15) is 10.7 Å². The minimum Gasteiger partial charge on any atom is -0.383 e. The minimum absolute atomic E-state index is 0.584. The molecule has 0 aliphatic heterocycles. The Morgan fingerprint density at radius 3 is 3.25 bits per heavy atom. The maximum absolute atomic E-state index is 5.00. The molecule has 0 bridgehead atoms. The average molecular weight is 186 g/mol. The standard InChI is InChI=1S/C6H10N4OS/c1-11-3-2-7-6(12)5-4-8-10-9-5/h4H,2-3H2,1H3,(H,7,12)(H,8,9,10). The molecule has 0 aliphatic carbocycles. The zero-order chi connectivity index (χ0) is 8.81. The van der Waals surface area contributed by atoms with Crippen molar-refractivity contribution >= 4 is 17.2 Å². The summed E-state index contributed by atoms with van der Waals surface area (Å²) in [6, 6.07) is 0. The van der Waals surface area contributed by atoms with Gasteiger partial charge >= 0.3 is 0 Å². The lowest BCUT2D eigenvalue weighted by Crippen LogP contribution is -2.26. The van der Waals surface area contributed by atoms with Gasteiger partial charge in [0.05, 0.1) is 12.8 Å². The van der Waals surface area contributed by atoms with Crippen LogP contribution in [0, 0.1) is 0 Å². The minimum atomic E-state index is 0.584. The van der Waals surface area contributed by atoms with Crippen molar-refractivity contribution in [1.29, 1.82) is 0 Å². The maximum atomic E-state index is 5.00. The Bertz CT molecular complexity index is 236. The largest absolute Gasteiger partial charge is 0.383 e. The summed E-state index contributed by atoms with van der Waals surface area (Å²) in [5, 5.41) is 12.9. The van der Waals surface area contributed by atoms with Crippen LogP contribution in [0.15, 0.2) is 6.20 Å². The fourth-order valence-electron chi connectivity index (χ4n) is 0.668. The second-order valence-electron chi connectivity index (χ2n) is 2.10. The van der Waals surface area contributed by atoms with Crippen molar-refractivity contribution in [2.45, 2.75) is 0 Å². The van der Waals surface area contributed by atoms with E-state index in [1.165, 1.54) is 0 Å². The highest BCUT2D eigenvalue weighted by atomic mass is 32.1. The third kappa shape index (κ3) is 2.55. The van der Waals surface area contributed by atoms with Crippen molar-refractivity contribution in [3.05, 3.63) is 11.9 Å². The number of methoxy groups -OCH3 is 1. The number of thiocarbonyl (C=S) groups is 1. The first-order chi connectivity index (χ1) is 5.84. The molecule has 0 aliphatic rings. The molecule has 0 fully saturated rings. The van der Waals surface area contributed by atoms with Gasteiger partial charge in [-0.2, -0.15) is 15.4 Å². The Kier molecular flexibility index (Phi) is 3.62. The Morgan fingerprint density at radius 2 is 2.67 bits per heavy atom. The van der Waals surface area contributed by atoms with Gasteiger partial charge in [-0.1, -0.05) is 12.2 Å². The first kappa shape index (κ1) is 9.08. The molecule has 0 amide bonds. The monoisotopic (exact) mass is 186 g/mol. The molecule has 0 radical (unpaired) electrons. The zero-order valence-electron chi connectivity index (χ0n) is 6.70. The molecule has 5 nitrogen and oxygen atoms in total. The molecular weight excluding hydrogens is 176 g/mol. The lowest BCUT2D eigenvalue weighted by atomic mass is 10.4. The van der Waals surface area contributed by atoms with Crippen molar-refractivity contribution in [2.75, 3.05) is 20.3 Å². The van der Waals surface area contributed by atoms with Crippen LogP contribution in [0.3, 0.4) is 0 Å². The van der Waals surface area contributed by atoms with Gasteiger partial charge in [0.25, 0.3) is 0 Å². The van der Waals surface area contributed by atoms with Crippen LogP contribution in [-0.4, -0.2) is 40.7 Å². The molecule has 6 heteroatoms. The average Bonchev–Trinajstić information content (AvgIpc) is 2.56. The van der Waals surface area contributed by atoms with Gasteiger partial charge in [-0.25, -0.2) is 0 Å². The second kappa shape index (κ2) is 4.78. The molecule has 12 heavy (non-hydrogen) atoms. The van der Waals surface area contributed by atoms with Crippen LogP contribution in [0.1, 0.15) is 5.69 Å². The highest BCUT2D eigenvalue weighted by Gasteiger charge is 2.01. The number of aromatic amines is 1. The van der Waals surface area contributed by atoms with Crippen molar-refractivity contribution in [3.8, 4) is 0 Å². The number of rotatable bonds is 4. The Labute approximate surface area is 75.5 Å². The van der Waals surface area contributed by atoms with E-state index >= 15 is 0 Å². The predicted octanol–water partition coefficient (Wildman–Crippen LogP) is -0.284. The highest BCUT2D eigenvalue weighted by Crippen LogP contribution is 1.89. The van der Waals surface area contributed by atoms with Gasteiger partial charge in [0.2, 0.25) is 0 Å². The van der Waals surface area contributed by atoms with E-state index < -0.39 is 0 Å². The van der Waals surface area contributed by atoms with E-state index in [1.54, 1.807) is 13.3 Å².